The molecule has 0 aliphatic heterocycles. The van der Waals surface area contributed by atoms with Gasteiger partial charge in [0.2, 0.25) is 6.29 Å². The average Bonchev–Trinajstić information content (AvgIpc) is 2.53. The molecule has 0 spiro atoms. The van der Waals surface area contributed by atoms with E-state index in [9.17, 15) is 15.2 Å². The summed E-state index contributed by atoms with van der Waals surface area (Å²) >= 11 is 0. The van der Waals surface area contributed by atoms with E-state index in [-0.39, 0.29) is 12.3 Å². The highest BCUT2D eigenvalue weighted by atomic mass is 16.6. The van der Waals surface area contributed by atoms with E-state index in [1.165, 1.54) is 12.1 Å². The number of nitro benzene ring substituents is 1. The Bertz CT molecular complexity index is 594. The van der Waals surface area contributed by atoms with Gasteiger partial charge in [-0.1, -0.05) is 12.1 Å². The summed E-state index contributed by atoms with van der Waals surface area (Å²) in [5.74, 6) is 0.668. The molecular formula is C15H14NO5. The third kappa shape index (κ3) is 4.01. The van der Waals surface area contributed by atoms with Gasteiger partial charge in [0, 0.05) is 17.7 Å². The summed E-state index contributed by atoms with van der Waals surface area (Å²) in [7, 11) is 1.55. The third-order valence-electron chi connectivity index (χ3n) is 2.94. The van der Waals surface area contributed by atoms with Gasteiger partial charge in [-0.25, -0.2) is 0 Å². The maximum absolute atomic E-state index is 11.9. The zero-order chi connectivity index (χ0) is 15.2. The fraction of sp³-hybridized carbons (Fsp3) is 0.200. The van der Waals surface area contributed by atoms with E-state index in [2.05, 4.69) is 0 Å². The first kappa shape index (κ1) is 15.0. The highest BCUT2D eigenvalue weighted by Crippen LogP contribution is 2.21. The molecule has 21 heavy (non-hydrogen) atoms. The van der Waals surface area contributed by atoms with E-state index in [0.717, 1.165) is 0 Å². The minimum atomic E-state index is -1.31. The Labute approximate surface area is 121 Å². The largest absolute Gasteiger partial charge is 0.497 e. The number of nitrogens with zero attached hydrogens (tertiary/aromatic N) is 1. The normalized spacial score (nSPS) is 11.9. The van der Waals surface area contributed by atoms with E-state index in [0.29, 0.717) is 16.9 Å². The molecule has 0 amide bonds. The lowest BCUT2D eigenvalue weighted by molar-refractivity contribution is -0.384. The number of ether oxygens (including phenoxy) is 2. The van der Waals surface area contributed by atoms with E-state index < -0.39 is 11.2 Å². The van der Waals surface area contributed by atoms with Crippen molar-refractivity contribution in [3.63, 3.8) is 0 Å². The van der Waals surface area contributed by atoms with Crippen LogP contribution in [-0.4, -0.2) is 12.0 Å². The molecule has 0 fully saturated rings. The quantitative estimate of drug-likeness (QED) is 0.464. The van der Waals surface area contributed by atoms with Crippen LogP contribution in [0.15, 0.2) is 48.5 Å². The monoisotopic (exact) mass is 288 g/mol. The van der Waals surface area contributed by atoms with Gasteiger partial charge in [0.05, 0.1) is 18.6 Å². The van der Waals surface area contributed by atoms with Crippen LogP contribution >= 0.6 is 0 Å². The second-order valence-electron chi connectivity index (χ2n) is 4.34. The van der Waals surface area contributed by atoms with Gasteiger partial charge in [-0.05, 0) is 29.8 Å². The lowest BCUT2D eigenvalue weighted by Gasteiger charge is -2.11. The fourth-order valence-corrected chi connectivity index (χ4v) is 1.74. The molecule has 0 bridgehead atoms. The van der Waals surface area contributed by atoms with Crippen molar-refractivity contribution in [1.82, 2.24) is 0 Å². The van der Waals surface area contributed by atoms with Crippen molar-refractivity contribution in [3.05, 3.63) is 69.8 Å². The summed E-state index contributed by atoms with van der Waals surface area (Å²) in [4.78, 5) is 10.1. The first-order valence-corrected chi connectivity index (χ1v) is 6.25. The predicted molar refractivity (Wildman–Crippen MR) is 74.3 cm³/mol. The van der Waals surface area contributed by atoms with Gasteiger partial charge in [-0.3, -0.25) is 10.1 Å². The van der Waals surface area contributed by atoms with Crippen molar-refractivity contribution < 1.29 is 19.5 Å². The number of hydrogen-bond donors (Lipinski definition) is 0. The van der Waals surface area contributed by atoms with Gasteiger partial charge in [-0.2, -0.15) is 5.11 Å². The number of benzene rings is 2. The van der Waals surface area contributed by atoms with Crippen LogP contribution in [0.3, 0.4) is 0 Å². The van der Waals surface area contributed by atoms with E-state index in [4.69, 9.17) is 9.47 Å². The lowest BCUT2D eigenvalue weighted by atomic mass is 10.2. The van der Waals surface area contributed by atoms with Crippen molar-refractivity contribution in [3.8, 4) is 5.75 Å². The lowest BCUT2D eigenvalue weighted by Crippen LogP contribution is -2.02. The molecular weight excluding hydrogens is 274 g/mol. The van der Waals surface area contributed by atoms with Gasteiger partial charge in [0.25, 0.3) is 5.69 Å². The molecule has 0 saturated carbocycles. The molecule has 1 unspecified atom stereocenters. The molecule has 0 aliphatic rings. The maximum atomic E-state index is 11.9. The zero-order valence-electron chi connectivity index (χ0n) is 11.4. The molecule has 0 heterocycles. The van der Waals surface area contributed by atoms with Gasteiger partial charge in [0.1, 0.15) is 5.75 Å². The Morgan fingerprint density at radius 2 is 1.71 bits per heavy atom. The molecule has 0 aliphatic carbocycles. The number of rotatable bonds is 6. The Balaban J connectivity index is 1.93. The van der Waals surface area contributed by atoms with Crippen molar-refractivity contribution in [2.75, 3.05) is 7.11 Å². The second-order valence-corrected chi connectivity index (χ2v) is 4.34. The average molecular weight is 288 g/mol. The van der Waals surface area contributed by atoms with Crippen LogP contribution in [0.25, 0.3) is 0 Å². The number of methoxy groups -OCH3 is 1. The maximum Gasteiger partial charge on any atom is 0.269 e. The highest BCUT2D eigenvalue weighted by Gasteiger charge is 2.11. The molecule has 2 aromatic carbocycles. The number of nitro groups is 1. The summed E-state index contributed by atoms with van der Waals surface area (Å²) in [5, 5.41) is 22.4. The topological polar surface area (TPSA) is 81.5 Å². The summed E-state index contributed by atoms with van der Waals surface area (Å²) in [6.45, 7) is 0.0954. The molecule has 1 radical (unpaired) electrons. The van der Waals surface area contributed by atoms with Crippen LogP contribution in [0.5, 0.6) is 5.75 Å². The van der Waals surface area contributed by atoms with Gasteiger partial charge in [0.15, 0.2) is 0 Å². The van der Waals surface area contributed by atoms with E-state index in [1.54, 1.807) is 43.5 Å². The molecule has 0 aromatic heterocycles. The van der Waals surface area contributed by atoms with Gasteiger partial charge >= 0.3 is 0 Å². The predicted octanol–water partition coefficient (Wildman–Crippen LogP) is 3.25. The smallest absolute Gasteiger partial charge is 0.269 e. The molecule has 0 saturated heterocycles. The minimum absolute atomic E-state index is 0.00702. The molecule has 2 rings (SSSR count). The Kier molecular flexibility index (Phi) is 4.86. The summed E-state index contributed by atoms with van der Waals surface area (Å²) < 4.78 is 10.2. The summed E-state index contributed by atoms with van der Waals surface area (Å²) in [6.07, 6.45) is -1.31. The van der Waals surface area contributed by atoms with Gasteiger partial charge < -0.3 is 9.47 Å². The van der Waals surface area contributed by atoms with Gasteiger partial charge in [-0.15, -0.1) is 0 Å². The van der Waals surface area contributed by atoms with Crippen LogP contribution in [0.2, 0.25) is 0 Å². The summed E-state index contributed by atoms with van der Waals surface area (Å²) in [6, 6.07) is 12.6. The van der Waals surface area contributed by atoms with Crippen LogP contribution in [0.1, 0.15) is 17.4 Å². The highest BCUT2D eigenvalue weighted by molar-refractivity contribution is 5.32. The third-order valence-corrected chi connectivity index (χ3v) is 2.94. The molecule has 109 valence electrons. The summed E-state index contributed by atoms with van der Waals surface area (Å²) in [5.41, 5.74) is 1.21. The minimum Gasteiger partial charge on any atom is -0.497 e. The van der Waals surface area contributed by atoms with E-state index >= 15 is 0 Å². The molecule has 6 heteroatoms. The van der Waals surface area contributed by atoms with Crippen LogP contribution in [0.4, 0.5) is 5.69 Å². The SMILES string of the molecule is COc1ccc(C([O])OCc2ccc([N+](=O)[O-])cc2)cc1. The van der Waals surface area contributed by atoms with Crippen molar-refractivity contribution in [1.29, 1.82) is 0 Å². The first-order valence-electron chi connectivity index (χ1n) is 6.25. The number of hydrogen-bond acceptors (Lipinski definition) is 4. The van der Waals surface area contributed by atoms with Crippen LogP contribution in [0, 0.1) is 10.1 Å². The number of non-ortho nitro benzene ring substituents is 1. The molecule has 2 aromatic rings. The standard InChI is InChI=1S/C15H14NO5/c1-20-14-8-4-12(5-9-14)15(17)21-10-11-2-6-13(7-3-11)16(18)19/h2-9,15H,10H2,1H3. The molecule has 1 atom stereocenters. The Hall–Kier alpha value is -2.44. The van der Waals surface area contributed by atoms with Crippen molar-refractivity contribution >= 4 is 5.69 Å². The second kappa shape index (κ2) is 6.83. The zero-order valence-corrected chi connectivity index (χ0v) is 11.4. The Morgan fingerprint density at radius 3 is 2.24 bits per heavy atom. The first-order chi connectivity index (χ1) is 10.1. The van der Waals surface area contributed by atoms with Crippen LogP contribution in [-0.2, 0) is 16.5 Å². The fourth-order valence-electron chi connectivity index (χ4n) is 1.74. The van der Waals surface area contributed by atoms with E-state index in [1.807, 2.05) is 0 Å². The van der Waals surface area contributed by atoms with Crippen molar-refractivity contribution in [2.45, 2.75) is 12.9 Å². The Morgan fingerprint density at radius 1 is 1.10 bits per heavy atom. The van der Waals surface area contributed by atoms with Crippen molar-refractivity contribution in [2.24, 2.45) is 0 Å². The molecule has 0 N–H and O–H groups in total. The molecule has 6 nitrogen and oxygen atoms in total. The van der Waals surface area contributed by atoms with Crippen LogP contribution < -0.4 is 4.74 Å².